The summed E-state index contributed by atoms with van der Waals surface area (Å²) in [5.74, 6) is 1.13. The van der Waals surface area contributed by atoms with Gasteiger partial charge in [0.05, 0.1) is 6.10 Å². The minimum atomic E-state index is -0.786. The molecule has 0 spiro atoms. The summed E-state index contributed by atoms with van der Waals surface area (Å²) in [6.07, 6.45) is 4.00. The highest BCUT2D eigenvalue weighted by Gasteiger charge is 2.28. The van der Waals surface area contributed by atoms with Gasteiger partial charge in [-0.1, -0.05) is 18.2 Å². The van der Waals surface area contributed by atoms with Gasteiger partial charge in [0.2, 0.25) is 0 Å². The van der Waals surface area contributed by atoms with E-state index in [-0.39, 0.29) is 5.82 Å². The third kappa shape index (κ3) is 2.99. The first kappa shape index (κ1) is 14.2. The maximum absolute atomic E-state index is 13.7. The maximum atomic E-state index is 13.7. The van der Waals surface area contributed by atoms with Crippen LogP contribution in [0.5, 0.6) is 0 Å². The monoisotopic (exact) mass is 289 g/mol. The van der Waals surface area contributed by atoms with Gasteiger partial charge in [0.25, 0.3) is 0 Å². The van der Waals surface area contributed by atoms with Crippen LogP contribution in [-0.4, -0.2) is 39.2 Å². The number of likely N-dealkylation sites (tertiary alicyclic amines) is 1. The lowest BCUT2D eigenvalue weighted by molar-refractivity contribution is 0.122. The number of aliphatic hydroxyl groups is 1. The maximum Gasteiger partial charge on any atom is 0.129 e. The second kappa shape index (κ2) is 5.95. The molecule has 3 rings (SSSR count). The van der Waals surface area contributed by atoms with Crippen molar-refractivity contribution in [2.75, 3.05) is 19.6 Å². The van der Waals surface area contributed by atoms with Crippen LogP contribution in [0.3, 0.4) is 0 Å². The van der Waals surface area contributed by atoms with Crippen molar-refractivity contribution >= 4 is 0 Å². The molecule has 1 N–H and O–H groups in total. The molecule has 2 atom stereocenters. The van der Waals surface area contributed by atoms with Crippen LogP contribution in [0.4, 0.5) is 4.39 Å². The number of rotatable bonds is 4. The quantitative estimate of drug-likeness (QED) is 0.937. The average Bonchev–Trinajstić information content (AvgIpc) is 3.08. The summed E-state index contributed by atoms with van der Waals surface area (Å²) < 4.78 is 15.7. The van der Waals surface area contributed by atoms with Crippen LogP contribution in [0.2, 0.25) is 0 Å². The van der Waals surface area contributed by atoms with Crippen LogP contribution in [0, 0.1) is 5.82 Å². The van der Waals surface area contributed by atoms with Crippen molar-refractivity contribution in [3.63, 3.8) is 0 Å². The van der Waals surface area contributed by atoms with E-state index in [1.807, 2.05) is 24.0 Å². The van der Waals surface area contributed by atoms with Gasteiger partial charge in [-0.25, -0.2) is 9.37 Å². The molecule has 1 aromatic heterocycles. The van der Waals surface area contributed by atoms with Crippen LogP contribution >= 0.6 is 0 Å². The first-order chi connectivity index (χ1) is 10.1. The van der Waals surface area contributed by atoms with E-state index < -0.39 is 6.10 Å². The molecule has 5 heteroatoms. The van der Waals surface area contributed by atoms with E-state index >= 15 is 0 Å². The van der Waals surface area contributed by atoms with Gasteiger partial charge < -0.3 is 9.67 Å². The number of hydrogen-bond donors (Lipinski definition) is 1. The van der Waals surface area contributed by atoms with Crippen LogP contribution in [-0.2, 0) is 7.05 Å². The van der Waals surface area contributed by atoms with E-state index in [0.29, 0.717) is 18.0 Å². The lowest BCUT2D eigenvalue weighted by Crippen LogP contribution is -2.27. The molecule has 1 aliphatic rings. The van der Waals surface area contributed by atoms with E-state index in [0.717, 1.165) is 25.3 Å². The summed E-state index contributed by atoms with van der Waals surface area (Å²) in [6.45, 7) is 2.22. The Morgan fingerprint density at radius 3 is 2.95 bits per heavy atom. The third-order valence-corrected chi connectivity index (χ3v) is 4.19. The number of imidazole rings is 1. The number of nitrogens with zero attached hydrogens (tertiary/aromatic N) is 3. The highest BCUT2D eigenvalue weighted by Crippen LogP contribution is 2.27. The summed E-state index contributed by atoms with van der Waals surface area (Å²) in [7, 11) is 2.00. The Hall–Kier alpha value is -1.72. The Kier molecular flexibility index (Phi) is 4.03. The summed E-state index contributed by atoms with van der Waals surface area (Å²) in [6, 6.07) is 6.42. The number of halogens is 1. The number of benzene rings is 1. The van der Waals surface area contributed by atoms with Crippen LogP contribution < -0.4 is 0 Å². The smallest absolute Gasteiger partial charge is 0.129 e. The number of aromatic nitrogens is 2. The molecule has 1 fully saturated rings. The SMILES string of the molecule is Cn1ccnc1C1CCN(CC(O)c2ccccc2F)C1. The summed E-state index contributed by atoms with van der Waals surface area (Å²) in [5, 5.41) is 10.2. The number of aliphatic hydroxyl groups excluding tert-OH is 1. The highest BCUT2D eigenvalue weighted by atomic mass is 19.1. The number of β-amino-alcohol motifs (C(OH)–C–C–N with tert-alkyl or cyclic N) is 1. The normalized spacial score (nSPS) is 20.8. The molecule has 1 saturated heterocycles. The van der Waals surface area contributed by atoms with E-state index in [2.05, 4.69) is 9.88 Å². The predicted octanol–water partition coefficient (Wildman–Crippen LogP) is 2.08. The topological polar surface area (TPSA) is 41.3 Å². The van der Waals surface area contributed by atoms with Crippen molar-refractivity contribution in [2.24, 2.45) is 7.05 Å². The van der Waals surface area contributed by atoms with Gasteiger partial charge in [0.1, 0.15) is 11.6 Å². The summed E-state index contributed by atoms with van der Waals surface area (Å²) in [5.41, 5.74) is 0.373. The van der Waals surface area contributed by atoms with Crippen molar-refractivity contribution in [3.8, 4) is 0 Å². The minimum absolute atomic E-state index is 0.343. The Balaban J connectivity index is 1.62. The first-order valence-electron chi connectivity index (χ1n) is 7.27. The molecule has 21 heavy (non-hydrogen) atoms. The van der Waals surface area contributed by atoms with Crippen molar-refractivity contribution in [1.82, 2.24) is 14.5 Å². The number of aryl methyl sites for hydroxylation is 1. The Bertz CT molecular complexity index is 613. The molecule has 1 aromatic carbocycles. The second-order valence-electron chi connectivity index (χ2n) is 5.68. The molecule has 2 heterocycles. The van der Waals surface area contributed by atoms with Gasteiger partial charge in [-0.05, 0) is 19.0 Å². The molecule has 0 bridgehead atoms. The minimum Gasteiger partial charge on any atom is -0.387 e. The van der Waals surface area contributed by atoms with Gasteiger partial charge in [0, 0.05) is 44.0 Å². The fourth-order valence-electron chi connectivity index (χ4n) is 3.07. The highest BCUT2D eigenvalue weighted by molar-refractivity contribution is 5.20. The zero-order valence-electron chi connectivity index (χ0n) is 12.1. The summed E-state index contributed by atoms with van der Waals surface area (Å²) >= 11 is 0. The van der Waals surface area contributed by atoms with Gasteiger partial charge in [-0.2, -0.15) is 0 Å². The van der Waals surface area contributed by atoms with E-state index in [4.69, 9.17) is 0 Å². The molecule has 2 unspecified atom stereocenters. The molecule has 4 nitrogen and oxygen atoms in total. The standard InChI is InChI=1S/C16H20FN3O/c1-19-9-7-18-16(19)12-6-8-20(10-12)11-15(21)13-4-2-3-5-14(13)17/h2-5,7,9,12,15,21H,6,8,10-11H2,1H3. The molecular weight excluding hydrogens is 269 g/mol. The molecule has 0 saturated carbocycles. The molecular formula is C16H20FN3O. The molecule has 0 radical (unpaired) electrons. The van der Waals surface area contributed by atoms with Gasteiger partial charge in [0.15, 0.2) is 0 Å². The molecule has 112 valence electrons. The average molecular weight is 289 g/mol. The van der Waals surface area contributed by atoms with Gasteiger partial charge >= 0.3 is 0 Å². The first-order valence-corrected chi connectivity index (χ1v) is 7.27. The van der Waals surface area contributed by atoms with E-state index in [9.17, 15) is 9.50 Å². The molecule has 1 aliphatic heterocycles. The molecule has 2 aromatic rings. The lowest BCUT2D eigenvalue weighted by atomic mass is 10.1. The molecule has 0 aliphatic carbocycles. The van der Waals surface area contributed by atoms with Crippen LogP contribution in [0.1, 0.15) is 29.8 Å². The number of hydrogen-bond acceptors (Lipinski definition) is 3. The van der Waals surface area contributed by atoms with Crippen LogP contribution in [0.15, 0.2) is 36.7 Å². The van der Waals surface area contributed by atoms with Crippen LogP contribution in [0.25, 0.3) is 0 Å². The van der Waals surface area contributed by atoms with Gasteiger partial charge in [-0.15, -0.1) is 0 Å². The Labute approximate surface area is 123 Å². The zero-order chi connectivity index (χ0) is 14.8. The van der Waals surface area contributed by atoms with Crippen molar-refractivity contribution in [1.29, 1.82) is 0 Å². The fraction of sp³-hybridized carbons (Fsp3) is 0.438. The largest absolute Gasteiger partial charge is 0.387 e. The van der Waals surface area contributed by atoms with E-state index in [1.54, 1.807) is 18.2 Å². The van der Waals surface area contributed by atoms with Crippen molar-refractivity contribution < 1.29 is 9.50 Å². The zero-order valence-corrected chi connectivity index (χ0v) is 12.1. The van der Waals surface area contributed by atoms with Crippen molar-refractivity contribution in [3.05, 3.63) is 53.9 Å². The summed E-state index contributed by atoms with van der Waals surface area (Å²) in [4.78, 5) is 6.57. The van der Waals surface area contributed by atoms with Gasteiger partial charge in [-0.3, -0.25) is 4.90 Å². The Morgan fingerprint density at radius 1 is 1.43 bits per heavy atom. The van der Waals surface area contributed by atoms with Crippen molar-refractivity contribution in [2.45, 2.75) is 18.4 Å². The lowest BCUT2D eigenvalue weighted by Gasteiger charge is -2.20. The third-order valence-electron chi connectivity index (χ3n) is 4.19. The predicted molar refractivity (Wildman–Crippen MR) is 78.4 cm³/mol. The van der Waals surface area contributed by atoms with E-state index in [1.165, 1.54) is 6.07 Å². The fourth-order valence-corrected chi connectivity index (χ4v) is 3.07. The molecule has 0 amide bonds. The second-order valence-corrected chi connectivity index (χ2v) is 5.68. The Morgan fingerprint density at radius 2 is 2.24 bits per heavy atom.